The maximum atomic E-state index is 13.1. The second kappa shape index (κ2) is 18.3. The van der Waals surface area contributed by atoms with Gasteiger partial charge in [0.15, 0.2) is 5.96 Å². The molecule has 0 saturated heterocycles. The van der Waals surface area contributed by atoms with Gasteiger partial charge in [-0.1, -0.05) is 0 Å². The number of carbonyl (C=O) groups excluding carboxylic acids is 5. The second-order valence-electron chi connectivity index (χ2n) is 8.54. The maximum absolute atomic E-state index is 13.1. The molecule has 0 saturated carbocycles. The maximum Gasteiger partial charge on any atom is 0.326 e. The van der Waals surface area contributed by atoms with E-state index in [9.17, 15) is 33.9 Å². The monoisotopic (exact) mass is 544 g/mol. The van der Waals surface area contributed by atoms with E-state index in [1.54, 1.807) is 0 Å². The molecule has 0 fully saturated rings. The predicted molar refractivity (Wildman–Crippen MR) is 136 cm³/mol. The van der Waals surface area contributed by atoms with Gasteiger partial charge in [-0.05, 0) is 45.1 Å². The summed E-state index contributed by atoms with van der Waals surface area (Å²) in [4.78, 5) is 75.9. The van der Waals surface area contributed by atoms with E-state index in [1.807, 2.05) is 0 Å². The third kappa shape index (κ3) is 15.2. The highest BCUT2D eigenvalue weighted by Gasteiger charge is 2.30. The van der Waals surface area contributed by atoms with E-state index in [2.05, 4.69) is 20.9 Å². The summed E-state index contributed by atoms with van der Waals surface area (Å²) in [5.41, 5.74) is 32.0. The van der Waals surface area contributed by atoms with E-state index in [0.29, 0.717) is 19.4 Å². The lowest BCUT2D eigenvalue weighted by Gasteiger charge is -2.25. The number of primary amides is 2. The lowest BCUT2D eigenvalue weighted by Crippen LogP contribution is -2.57. The van der Waals surface area contributed by atoms with E-state index >= 15 is 0 Å². The van der Waals surface area contributed by atoms with E-state index in [4.69, 9.17) is 34.4 Å². The first-order chi connectivity index (χ1) is 17.8. The number of nitrogens with zero attached hydrogens (tertiary/aromatic N) is 1. The van der Waals surface area contributed by atoms with Crippen LogP contribution in [-0.4, -0.2) is 83.8 Å². The smallest absolute Gasteiger partial charge is 0.326 e. The molecule has 0 heterocycles. The van der Waals surface area contributed by atoms with Gasteiger partial charge in [-0.2, -0.15) is 0 Å². The summed E-state index contributed by atoms with van der Waals surface area (Å²) in [6.45, 7) is 0.448. The van der Waals surface area contributed by atoms with Gasteiger partial charge in [0.05, 0.1) is 12.5 Å². The van der Waals surface area contributed by atoms with E-state index in [1.165, 1.54) is 0 Å². The minimum atomic E-state index is -1.62. The van der Waals surface area contributed by atoms with Gasteiger partial charge in [0, 0.05) is 13.0 Å². The number of unbranched alkanes of at least 4 members (excludes halogenated alkanes) is 1. The first-order valence-electron chi connectivity index (χ1n) is 12.0. The van der Waals surface area contributed by atoms with E-state index < -0.39 is 66.1 Å². The molecule has 0 radical (unpaired) electrons. The van der Waals surface area contributed by atoms with Crippen molar-refractivity contribution >= 4 is 41.5 Å². The number of carboxylic acids is 1. The number of hydrogen-bond donors (Lipinski definition) is 10. The first-order valence-corrected chi connectivity index (χ1v) is 12.0. The summed E-state index contributed by atoms with van der Waals surface area (Å²) in [5.74, 6) is -5.64. The van der Waals surface area contributed by atoms with Gasteiger partial charge < -0.3 is 55.5 Å². The normalized spacial score (nSPS) is 13.7. The number of hydrogen-bond acceptors (Lipinski definition) is 9. The number of carbonyl (C=O) groups is 6. The number of amides is 5. The molecule has 17 heteroatoms. The van der Waals surface area contributed by atoms with Crippen LogP contribution in [0.5, 0.6) is 0 Å². The van der Waals surface area contributed by atoms with Gasteiger partial charge in [0.1, 0.15) is 18.1 Å². The molecule has 4 unspecified atom stereocenters. The van der Waals surface area contributed by atoms with Gasteiger partial charge in [0.2, 0.25) is 29.5 Å². The molecule has 0 bridgehead atoms. The number of guanidine groups is 1. The van der Waals surface area contributed by atoms with Gasteiger partial charge in [-0.15, -0.1) is 0 Å². The molecule has 0 aromatic heterocycles. The lowest BCUT2D eigenvalue weighted by molar-refractivity contribution is -0.143. The van der Waals surface area contributed by atoms with Gasteiger partial charge >= 0.3 is 5.97 Å². The van der Waals surface area contributed by atoms with Crippen LogP contribution in [0.4, 0.5) is 0 Å². The Balaban J connectivity index is 5.66. The molecule has 0 aromatic carbocycles. The molecule has 216 valence electrons. The van der Waals surface area contributed by atoms with Gasteiger partial charge in [-0.3, -0.25) is 29.0 Å². The quantitative estimate of drug-likeness (QED) is 0.0393. The van der Waals surface area contributed by atoms with Crippen molar-refractivity contribution in [3.05, 3.63) is 0 Å². The second-order valence-corrected chi connectivity index (χ2v) is 8.54. The number of nitrogens with one attached hydrogen (secondary N) is 3. The molecule has 38 heavy (non-hydrogen) atoms. The van der Waals surface area contributed by atoms with Crippen molar-refractivity contribution in [2.24, 2.45) is 39.4 Å². The lowest BCUT2D eigenvalue weighted by atomic mass is 10.0. The van der Waals surface area contributed by atoms with Crippen molar-refractivity contribution in [2.75, 3.05) is 13.1 Å². The molecule has 16 N–H and O–H groups in total. The number of nitrogens with two attached hydrogens (primary N) is 6. The zero-order valence-electron chi connectivity index (χ0n) is 21.2. The summed E-state index contributed by atoms with van der Waals surface area (Å²) in [6.07, 6.45) is 0.508. The zero-order valence-corrected chi connectivity index (χ0v) is 21.2. The third-order valence-corrected chi connectivity index (χ3v) is 5.22. The first kappa shape index (κ1) is 34.0. The molecule has 17 nitrogen and oxygen atoms in total. The summed E-state index contributed by atoms with van der Waals surface area (Å²) < 4.78 is 0. The van der Waals surface area contributed by atoms with Crippen molar-refractivity contribution in [3.8, 4) is 0 Å². The zero-order chi connectivity index (χ0) is 29.3. The molecule has 4 atom stereocenters. The standard InChI is InChI=1S/C21H40N10O7/c22-8-2-1-4-12(29-17(34)11(23)6-7-15(24)32)18(35)30-13(5-3-9-28-21(26)27)19(36)31-14(20(37)38)10-16(25)33/h11-14H,1-10,22-23H2,(H2,24,32)(H2,25,33)(H,29,34)(H,30,35)(H,31,36)(H,37,38)(H4,26,27,28). The Morgan fingerprint density at radius 1 is 0.711 bits per heavy atom. The SMILES string of the molecule is NCCCCC(NC(=O)C(N)CCC(N)=O)C(=O)NC(CCCN=C(N)N)C(=O)NC(CC(N)=O)C(=O)O. The van der Waals surface area contributed by atoms with Crippen molar-refractivity contribution in [1.82, 2.24) is 16.0 Å². The van der Waals surface area contributed by atoms with Crippen LogP contribution in [0.25, 0.3) is 0 Å². The Morgan fingerprint density at radius 2 is 1.24 bits per heavy atom. The molecular weight excluding hydrogens is 504 g/mol. The average molecular weight is 545 g/mol. The third-order valence-electron chi connectivity index (χ3n) is 5.22. The van der Waals surface area contributed by atoms with Crippen LogP contribution >= 0.6 is 0 Å². The van der Waals surface area contributed by atoms with Crippen LogP contribution in [0.15, 0.2) is 4.99 Å². The summed E-state index contributed by atoms with van der Waals surface area (Å²) in [6, 6.07) is -5.14. The van der Waals surface area contributed by atoms with Crippen LogP contribution in [0.3, 0.4) is 0 Å². The van der Waals surface area contributed by atoms with Gasteiger partial charge in [-0.25, -0.2) is 4.79 Å². The van der Waals surface area contributed by atoms with Crippen molar-refractivity contribution in [1.29, 1.82) is 0 Å². The molecule has 0 aliphatic rings. The van der Waals surface area contributed by atoms with Crippen LogP contribution in [0.1, 0.15) is 51.4 Å². The minimum Gasteiger partial charge on any atom is -0.480 e. The van der Waals surface area contributed by atoms with Crippen LogP contribution < -0.4 is 50.4 Å². The number of rotatable bonds is 20. The Kier molecular flexibility index (Phi) is 16.4. The highest BCUT2D eigenvalue weighted by molar-refractivity contribution is 5.95. The Labute approximate surface area is 219 Å². The number of aliphatic carboxylic acids is 1. The van der Waals surface area contributed by atoms with E-state index in [0.717, 1.165) is 0 Å². The molecule has 0 spiro atoms. The molecule has 0 rings (SSSR count). The summed E-state index contributed by atoms with van der Waals surface area (Å²) in [5, 5.41) is 16.5. The fourth-order valence-corrected chi connectivity index (χ4v) is 3.19. The number of carboxylic acid groups (broad SMARTS) is 1. The highest BCUT2D eigenvalue weighted by Crippen LogP contribution is 2.06. The predicted octanol–water partition coefficient (Wildman–Crippen LogP) is -4.82. The highest BCUT2D eigenvalue weighted by atomic mass is 16.4. The van der Waals surface area contributed by atoms with Crippen LogP contribution in [-0.2, 0) is 28.8 Å². The topological polar surface area (TPSA) is 327 Å². The Bertz CT molecular complexity index is 863. The minimum absolute atomic E-state index is 0.0150. The van der Waals surface area contributed by atoms with Crippen LogP contribution in [0, 0.1) is 0 Å². The molecular formula is C21H40N10O7. The van der Waals surface area contributed by atoms with Crippen LogP contribution in [0.2, 0.25) is 0 Å². The number of aliphatic imine (C=N–C) groups is 1. The molecule has 0 aliphatic heterocycles. The van der Waals surface area contributed by atoms with Crippen molar-refractivity contribution < 1.29 is 33.9 Å². The Morgan fingerprint density at radius 3 is 1.71 bits per heavy atom. The molecule has 0 aliphatic carbocycles. The summed E-state index contributed by atoms with van der Waals surface area (Å²) in [7, 11) is 0. The fraction of sp³-hybridized carbons (Fsp3) is 0.667. The Hall–Kier alpha value is -3.99. The summed E-state index contributed by atoms with van der Waals surface area (Å²) >= 11 is 0. The fourth-order valence-electron chi connectivity index (χ4n) is 3.19. The van der Waals surface area contributed by atoms with Gasteiger partial charge in [0.25, 0.3) is 0 Å². The molecule has 5 amide bonds. The molecule has 0 aromatic rings. The van der Waals surface area contributed by atoms with Crippen molar-refractivity contribution in [3.63, 3.8) is 0 Å². The average Bonchev–Trinajstić information content (AvgIpc) is 2.82. The van der Waals surface area contributed by atoms with E-state index in [-0.39, 0.29) is 44.6 Å². The van der Waals surface area contributed by atoms with Crippen molar-refractivity contribution in [2.45, 2.75) is 75.5 Å². The largest absolute Gasteiger partial charge is 0.480 e.